The van der Waals surface area contributed by atoms with Gasteiger partial charge in [-0.2, -0.15) is 0 Å². The molecule has 1 aromatic rings. The fourth-order valence-electron chi connectivity index (χ4n) is 2.18. The van der Waals surface area contributed by atoms with Gasteiger partial charge in [-0.1, -0.05) is 25.0 Å². The Morgan fingerprint density at radius 1 is 1.12 bits per heavy atom. The van der Waals surface area contributed by atoms with Crippen molar-refractivity contribution in [2.24, 2.45) is 5.73 Å². The molecule has 1 aromatic carbocycles. The lowest BCUT2D eigenvalue weighted by Gasteiger charge is -2.19. The molecule has 3 N–H and O–H groups in total. The van der Waals surface area contributed by atoms with Crippen LogP contribution in [0.4, 0.5) is 5.69 Å². The molecule has 0 aliphatic rings. The van der Waals surface area contributed by atoms with Gasteiger partial charge in [0.1, 0.15) is 0 Å². The minimum Gasteiger partial charge on any atom is -0.330 e. The first-order valence-electron chi connectivity index (χ1n) is 8.47. The molecule has 0 bridgehead atoms. The van der Waals surface area contributed by atoms with Crippen molar-refractivity contribution < 1.29 is 13.2 Å². The summed E-state index contributed by atoms with van der Waals surface area (Å²) in [5.41, 5.74) is 6.76. The van der Waals surface area contributed by atoms with Crippen molar-refractivity contribution in [3.05, 3.63) is 29.8 Å². The maximum atomic E-state index is 12.3. The van der Waals surface area contributed by atoms with E-state index in [-0.39, 0.29) is 11.7 Å². The van der Waals surface area contributed by atoms with E-state index in [0.29, 0.717) is 24.2 Å². The highest BCUT2D eigenvalue weighted by atomic mass is 32.2. The second kappa shape index (κ2) is 9.18. The number of carbonyl (C=O) groups is 1. The number of nitrogens with two attached hydrogens (primary N) is 1. The minimum absolute atomic E-state index is 0.0285. The molecule has 5 nitrogen and oxygen atoms in total. The third-order valence-corrected chi connectivity index (χ3v) is 6.44. The molecule has 136 valence electrons. The normalized spacial score (nSPS) is 12.2. The number of nitrogens with one attached hydrogen (secondary N) is 1. The fourth-order valence-corrected chi connectivity index (χ4v) is 3.23. The summed E-state index contributed by atoms with van der Waals surface area (Å²) in [5.74, 6) is -0.0715. The number of hydrogen-bond donors (Lipinski definition) is 2. The maximum Gasteiger partial charge on any atom is 0.224 e. The molecular formula is C18H30N2O3S. The van der Waals surface area contributed by atoms with Gasteiger partial charge in [0.25, 0.3) is 0 Å². The summed E-state index contributed by atoms with van der Waals surface area (Å²) in [6.45, 7) is 5.77. The Hall–Kier alpha value is -1.40. The summed E-state index contributed by atoms with van der Waals surface area (Å²) in [5, 5.41) is 2.84. The second-order valence-corrected chi connectivity index (χ2v) is 9.82. The van der Waals surface area contributed by atoms with E-state index in [9.17, 15) is 13.2 Å². The Kier molecular flexibility index (Phi) is 7.90. The predicted octanol–water partition coefficient (Wildman–Crippen LogP) is 3.25. The van der Waals surface area contributed by atoms with Crippen molar-refractivity contribution in [1.29, 1.82) is 0 Å². The number of benzene rings is 1. The number of rotatable bonds is 9. The van der Waals surface area contributed by atoms with E-state index in [4.69, 9.17) is 5.73 Å². The third kappa shape index (κ3) is 7.01. The summed E-state index contributed by atoms with van der Waals surface area (Å²) >= 11 is 0. The van der Waals surface area contributed by atoms with E-state index >= 15 is 0 Å². The Morgan fingerprint density at radius 2 is 1.79 bits per heavy atom. The first-order chi connectivity index (χ1) is 11.2. The third-order valence-electron chi connectivity index (χ3n) is 3.86. The van der Waals surface area contributed by atoms with E-state index in [2.05, 4.69) is 5.32 Å². The largest absolute Gasteiger partial charge is 0.330 e. The zero-order valence-electron chi connectivity index (χ0n) is 15.0. The summed E-state index contributed by atoms with van der Waals surface area (Å²) in [7, 11) is -3.24. The average molecular weight is 355 g/mol. The molecule has 24 heavy (non-hydrogen) atoms. The lowest BCUT2D eigenvalue weighted by Crippen LogP contribution is -2.29. The number of unbranched alkanes of at least 4 members (excludes halogenated alkanes) is 3. The quantitative estimate of drug-likeness (QED) is 0.666. The van der Waals surface area contributed by atoms with Gasteiger partial charge in [-0.3, -0.25) is 4.79 Å². The molecule has 1 rings (SSSR count). The fraction of sp³-hybridized carbons (Fsp3) is 0.611. The molecule has 0 heterocycles. The van der Waals surface area contributed by atoms with Crippen LogP contribution in [0, 0.1) is 0 Å². The number of anilines is 1. The number of hydrogen-bond acceptors (Lipinski definition) is 4. The van der Waals surface area contributed by atoms with Crippen molar-refractivity contribution in [1.82, 2.24) is 0 Å². The van der Waals surface area contributed by atoms with Crippen LogP contribution in [0.5, 0.6) is 0 Å². The van der Waals surface area contributed by atoms with Gasteiger partial charge in [-0.25, -0.2) is 8.42 Å². The molecule has 0 aliphatic carbocycles. The number of amides is 1. The predicted molar refractivity (Wildman–Crippen MR) is 99.6 cm³/mol. The highest BCUT2D eigenvalue weighted by Gasteiger charge is 2.28. The van der Waals surface area contributed by atoms with Crippen molar-refractivity contribution in [3.8, 4) is 0 Å². The van der Waals surface area contributed by atoms with Crippen LogP contribution >= 0.6 is 0 Å². The summed E-state index contributed by atoms with van der Waals surface area (Å²) in [6, 6.07) is 7.05. The topological polar surface area (TPSA) is 89.3 Å². The standard InChI is InChI=1S/C18H30N2O3S/c1-18(2,3)24(22,23)14-15-9-8-10-16(13-15)20-17(21)11-6-4-5-7-12-19/h8-10,13H,4-7,11-12,14,19H2,1-3H3,(H,20,21). The zero-order valence-corrected chi connectivity index (χ0v) is 15.8. The van der Waals surface area contributed by atoms with Crippen LogP contribution in [-0.4, -0.2) is 25.6 Å². The molecule has 0 fully saturated rings. The van der Waals surface area contributed by atoms with E-state index in [1.165, 1.54) is 0 Å². The Balaban J connectivity index is 2.58. The molecule has 0 spiro atoms. The molecule has 0 radical (unpaired) electrons. The summed E-state index contributed by atoms with van der Waals surface area (Å²) < 4.78 is 23.8. The van der Waals surface area contributed by atoms with Gasteiger partial charge in [0.15, 0.2) is 9.84 Å². The molecule has 0 atom stereocenters. The van der Waals surface area contributed by atoms with E-state index in [1.807, 2.05) is 0 Å². The summed E-state index contributed by atoms with van der Waals surface area (Å²) in [4.78, 5) is 11.9. The summed E-state index contributed by atoms with van der Waals surface area (Å²) in [6.07, 6.45) is 4.34. The van der Waals surface area contributed by atoms with Gasteiger partial charge in [-0.05, 0) is 57.9 Å². The first kappa shape index (κ1) is 20.6. The Labute approximate surface area is 145 Å². The average Bonchev–Trinajstić information content (AvgIpc) is 2.45. The van der Waals surface area contributed by atoms with E-state index < -0.39 is 14.6 Å². The van der Waals surface area contributed by atoms with Crippen LogP contribution in [0.25, 0.3) is 0 Å². The van der Waals surface area contributed by atoms with Crippen molar-refractivity contribution in [2.45, 2.75) is 63.4 Å². The van der Waals surface area contributed by atoms with Gasteiger partial charge in [0.2, 0.25) is 5.91 Å². The zero-order chi connectivity index (χ0) is 18.2. The number of sulfone groups is 1. The molecule has 1 amide bonds. The van der Waals surface area contributed by atoms with Gasteiger partial charge >= 0.3 is 0 Å². The van der Waals surface area contributed by atoms with Crippen LogP contribution in [0.1, 0.15) is 58.4 Å². The van der Waals surface area contributed by atoms with Crippen LogP contribution in [0.3, 0.4) is 0 Å². The van der Waals surface area contributed by atoms with Gasteiger partial charge in [0.05, 0.1) is 10.5 Å². The van der Waals surface area contributed by atoms with Crippen LogP contribution < -0.4 is 11.1 Å². The highest BCUT2D eigenvalue weighted by Crippen LogP contribution is 2.22. The maximum absolute atomic E-state index is 12.3. The van der Waals surface area contributed by atoms with Crippen LogP contribution in [0.15, 0.2) is 24.3 Å². The molecular weight excluding hydrogens is 324 g/mol. The van der Waals surface area contributed by atoms with Crippen LogP contribution in [0.2, 0.25) is 0 Å². The van der Waals surface area contributed by atoms with Crippen LogP contribution in [-0.2, 0) is 20.4 Å². The van der Waals surface area contributed by atoms with E-state index in [0.717, 1.165) is 25.7 Å². The van der Waals surface area contributed by atoms with Gasteiger partial charge in [-0.15, -0.1) is 0 Å². The van der Waals surface area contributed by atoms with Crippen molar-refractivity contribution in [3.63, 3.8) is 0 Å². The number of carbonyl (C=O) groups excluding carboxylic acids is 1. The molecule has 0 aliphatic heterocycles. The monoisotopic (exact) mass is 354 g/mol. The minimum atomic E-state index is -3.24. The van der Waals surface area contributed by atoms with Gasteiger partial charge < -0.3 is 11.1 Å². The molecule has 0 unspecified atom stereocenters. The molecule has 0 saturated carbocycles. The van der Waals surface area contributed by atoms with E-state index in [1.54, 1.807) is 45.0 Å². The molecule has 0 saturated heterocycles. The first-order valence-corrected chi connectivity index (χ1v) is 10.1. The molecule has 6 heteroatoms. The molecule has 0 aromatic heterocycles. The Bertz CT molecular complexity index is 634. The van der Waals surface area contributed by atoms with Crippen molar-refractivity contribution in [2.75, 3.05) is 11.9 Å². The Morgan fingerprint density at radius 3 is 2.42 bits per heavy atom. The van der Waals surface area contributed by atoms with Gasteiger partial charge in [0, 0.05) is 12.1 Å². The lowest BCUT2D eigenvalue weighted by molar-refractivity contribution is -0.116. The lowest BCUT2D eigenvalue weighted by atomic mass is 10.1. The smallest absolute Gasteiger partial charge is 0.224 e. The van der Waals surface area contributed by atoms with Crippen molar-refractivity contribution >= 4 is 21.4 Å². The second-order valence-electron chi connectivity index (χ2n) is 7.07. The highest BCUT2D eigenvalue weighted by molar-refractivity contribution is 7.91. The SMILES string of the molecule is CC(C)(C)S(=O)(=O)Cc1cccc(NC(=O)CCCCCCN)c1.